The predicted octanol–water partition coefficient (Wildman–Crippen LogP) is 1.09. The zero-order valence-corrected chi connectivity index (χ0v) is 11.1. The molecule has 0 radical (unpaired) electrons. The van der Waals surface area contributed by atoms with Gasteiger partial charge in [0, 0.05) is 13.2 Å². The third-order valence-corrected chi connectivity index (χ3v) is 2.88. The Balaban J connectivity index is 2.10. The number of amides is 1. The molecule has 0 saturated carbocycles. The van der Waals surface area contributed by atoms with Gasteiger partial charge in [0.05, 0.1) is 16.9 Å². The van der Waals surface area contributed by atoms with E-state index < -0.39 is 0 Å². The highest BCUT2D eigenvalue weighted by Crippen LogP contribution is 2.14. The summed E-state index contributed by atoms with van der Waals surface area (Å²) >= 11 is 5.86. The first-order chi connectivity index (χ1) is 9.01. The molecule has 0 atom stereocenters. The number of aryl methyl sites for hydroxylation is 2. The molecule has 2 aromatic heterocycles. The van der Waals surface area contributed by atoms with E-state index in [1.165, 1.54) is 15.6 Å². The molecule has 0 bridgehead atoms. The van der Waals surface area contributed by atoms with Gasteiger partial charge in [-0.3, -0.25) is 14.2 Å². The molecule has 1 N–H and O–H groups in total. The van der Waals surface area contributed by atoms with Gasteiger partial charge in [-0.05, 0) is 6.92 Å². The highest BCUT2D eigenvalue weighted by Gasteiger charge is 2.13. The van der Waals surface area contributed by atoms with E-state index in [0.29, 0.717) is 22.1 Å². The molecule has 0 aliphatic heterocycles. The average molecular weight is 279 g/mol. The van der Waals surface area contributed by atoms with Crippen LogP contribution >= 0.6 is 11.6 Å². The summed E-state index contributed by atoms with van der Waals surface area (Å²) in [5, 5.41) is 20.0. The van der Waals surface area contributed by atoms with Crippen LogP contribution in [0.2, 0.25) is 5.02 Å². The number of carbonyl (C=O) groups is 1. The fourth-order valence-corrected chi connectivity index (χ4v) is 1.71. The van der Waals surface area contributed by atoms with Crippen LogP contribution in [0.3, 0.4) is 0 Å². The van der Waals surface area contributed by atoms with Gasteiger partial charge in [0.1, 0.15) is 24.0 Å². The van der Waals surface area contributed by atoms with E-state index in [0.717, 1.165) is 0 Å². The lowest BCUT2D eigenvalue weighted by Gasteiger charge is -2.05. The number of hydrogen-bond donors (Lipinski definition) is 1. The molecule has 1 amide bonds. The van der Waals surface area contributed by atoms with Gasteiger partial charge in [-0.2, -0.15) is 15.5 Å². The molecule has 0 unspecified atom stereocenters. The van der Waals surface area contributed by atoms with Crippen LogP contribution in [0.4, 0.5) is 5.82 Å². The first kappa shape index (κ1) is 13.1. The quantitative estimate of drug-likeness (QED) is 0.910. The monoisotopic (exact) mass is 278 g/mol. The van der Waals surface area contributed by atoms with Crippen LogP contribution in [0.25, 0.3) is 0 Å². The lowest BCUT2D eigenvalue weighted by Crippen LogP contribution is -2.21. The number of nitrogens with one attached hydrogen (secondary N) is 1. The van der Waals surface area contributed by atoms with Gasteiger partial charge in [0.2, 0.25) is 5.91 Å². The van der Waals surface area contributed by atoms with Gasteiger partial charge < -0.3 is 5.32 Å². The van der Waals surface area contributed by atoms with Crippen molar-refractivity contribution >= 4 is 23.3 Å². The zero-order valence-electron chi connectivity index (χ0n) is 10.4. The molecule has 0 fully saturated rings. The van der Waals surface area contributed by atoms with Gasteiger partial charge in [-0.1, -0.05) is 11.6 Å². The van der Waals surface area contributed by atoms with Crippen molar-refractivity contribution in [2.75, 3.05) is 5.32 Å². The smallest absolute Gasteiger partial charge is 0.247 e. The summed E-state index contributed by atoms with van der Waals surface area (Å²) in [7, 11) is 1.64. The van der Waals surface area contributed by atoms with Gasteiger partial charge in [-0.25, -0.2) is 0 Å². The SMILES string of the molecule is Cc1nn(CC(=O)Nc2c(C#N)cnn2C)cc1Cl. The molecule has 2 heterocycles. The van der Waals surface area contributed by atoms with E-state index >= 15 is 0 Å². The normalized spacial score (nSPS) is 10.2. The van der Waals surface area contributed by atoms with Crippen molar-refractivity contribution in [2.24, 2.45) is 7.05 Å². The zero-order chi connectivity index (χ0) is 14.0. The molecular formula is C11H11ClN6O. The Labute approximate surface area is 114 Å². The summed E-state index contributed by atoms with van der Waals surface area (Å²) in [6.45, 7) is 1.77. The average Bonchev–Trinajstić information content (AvgIpc) is 2.84. The van der Waals surface area contributed by atoms with Gasteiger partial charge in [0.15, 0.2) is 0 Å². The summed E-state index contributed by atoms with van der Waals surface area (Å²) in [4.78, 5) is 11.9. The molecule has 8 heteroatoms. The minimum atomic E-state index is -0.306. The van der Waals surface area contributed by atoms with E-state index in [9.17, 15) is 4.79 Å². The molecule has 98 valence electrons. The summed E-state index contributed by atoms with van der Waals surface area (Å²) in [6.07, 6.45) is 2.97. The Kier molecular flexibility index (Phi) is 3.53. The molecule has 0 aromatic carbocycles. The summed E-state index contributed by atoms with van der Waals surface area (Å²) in [6, 6.07) is 1.96. The summed E-state index contributed by atoms with van der Waals surface area (Å²) in [5.41, 5.74) is 0.971. The molecule has 2 rings (SSSR count). The third kappa shape index (κ3) is 2.74. The maximum absolute atomic E-state index is 11.9. The number of carbonyl (C=O) groups excluding carboxylic acids is 1. The summed E-state index contributed by atoms with van der Waals surface area (Å²) < 4.78 is 2.87. The molecule has 19 heavy (non-hydrogen) atoms. The number of rotatable bonds is 3. The maximum Gasteiger partial charge on any atom is 0.247 e. The van der Waals surface area contributed by atoms with Crippen LogP contribution < -0.4 is 5.32 Å². The van der Waals surface area contributed by atoms with Crippen molar-refractivity contribution in [3.8, 4) is 6.07 Å². The van der Waals surface area contributed by atoms with E-state index in [1.54, 1.807) is 20.2 Å². The van der Waals surface area contributed by atoms with E-state index in [2.05, 4.69) is 15.5 Å². The van der Waals surface area contributed by atoms with E-state index in [4.69, 9.17) is 16.9 Å². The highest BCUT2D eigenvalue weighted by atomic mass is 35.5. The van der Waals surface area contributed by atoms with Crippen molar-refractivity contribution in [3.05, 3.63) is 28.7 Å². The van der Waals surface area contributed by atoms with Crippen LogP contribution in [0.1, 0.15) is 11.3 Å². The minimum absolute atomic E-state index is 0.0175. The lowest BCUT2D eigenvalue weighted by molar-refractivity contribution is -0.116. The Morgan fingerprint density at radius 1 is 1.63 bits per heavy atom. The first-order valence-corrected chi connectivity index (χ1v) is 5.80. The predicted molar refractivity (Wildman–Crippen MR) is 68.5 cm³/mol. The van der Waals surface area contributed by atoms with Gasteiger partial charge >= 0.3 is 0 Å². The van der Waals surface area contributed by atoms with Crippen molar-refractivity contribution in [2.45, 2.75) is 13.5 Å². The second-order valence-electron chi connectivity index (χ2n) is 3.95. The number of hydrogen-bond acceptors (Lipinski definition) is 4. The minimum Gasteiger partial charge on any atom is -0.308 e. The second-order valence-corrected chi connectivity index (χ2v) is 4.36. The van der Waals surface area contributed by atoms with Crippen molar-refractivity contribution < 1.29 is 4.79 Å². The molecule has 0 spiro atoms. The third-order valence-electron chi connectivity index (χ3n) is 2.51. The molecule has 2 aromatic rings. The molecule has 0 aliphatic rings. The lowest BCUT2D eigenvalue weighted by atomic mass is 10.3. The first-order valence-electron chi connectivity index (χ1n) is 5.42. The van der Waals surface area contributed by atoms with Crippen molar-refractivity contribution in [1.82, 2.24) is 19.6 Å². The Bertz CT molecular complexity index is 646. The van der Waals surface area contributed by atoms with Crippen molar-refractivity contribution in [1.29, 1.82) is 5.26 Å². The Hall–Kier alpha value is -2.33. The highest BCUT2D eigenvalue weighted by molar-refractivity contribution is 6.31. The number of aromatic nitrogens is 4. The van der Waals surface area contributed by atoms with Crippen LogP contribution in [0.15, 0.2) is 12.4 Å². The maximum atomic E-state index is 11.9. The molecule has 0 aliphatic carbocycles. The number of nitrogens with zero attached hydrogens (tertiary/aromatic N) is 5. The fraction of sp³-hybridized carbons (Fsp3) is 0.273. The topological polar surface area (TPSA) is 88.5 Å². The second kappa shape index (κ2) is 5.12. The number of nitriles is 1. The van der Waals surface area contributed by atoms with Crippen LogP contribution in [-0.4, -0.2) is 25.5 Å². The van der Waals surface area contributed by atoms with Crippen LogP contribution in [0, 0.1) is 18.3 Å². The number of anilines is 1. The van der Waals surface area contributed by atoms with E-state index in [-0.39, 0.29) is 12.5 Å². The van der Waals surface area contributed by atoms with Gasteiger partial charge in [0.25, 0.3) is 0 Å². The Morgan fingerprint density at radius 3 is 2.95 bits per heavy atom. The molecule has 7 nitrogen and oxygen atoms in total. The fourth-order valence-electron chi connectivity index (χ4n) is 1.56. The Morgan fingerprint density at radius 2 is 2.37 bits per heavy atom. The van der Waals surface area contributed by atoms with Gasteiger partial charge in [-0.15, -0.1) is 0 Å². The summed E-state index contributed by atoms with van der Waals surface area (Å²) in [5.74, 6) is 0.0572. The van der Waals surface area contributed by atoms with Crippen LogP contribution in [-0.2, 0) is 18.4 Å². The largest absolute Gasteiger partial charge is 0.308 e. The molecule has 0 saturated heterocycles. The van der Waals surface area contributed by atoms with E-state index in [1.807, 2.05) is 6.07 Å². The number of halogens is 1. The standard InChI is InChI=1S/C11H11ClN6O/c1-7-9(12)5-18(16-7)6-10(19)15-11-8(3-13)4-14-17(11)2/h4-5H,6H2,1-2H3,(H,15,19). The van der Waals surface area contributed by atoms with Crippen LogP contribution in [0.5, 0.6) is 0 Å². The molecular weight excluding hydrogens is 268 g/mol. The van der Waals surface area contributed by atoms with Crippen molar-refractivity contribution in [3.63, 3.8) is 0 Å².